The number of amides is 1. The summed E-state index contributed by atoms with van der Waals surface area (Å²) >= 11 is 0. The van der Waals surface area contributed by atoms with Crippen LogP contribution in [0.4, 0.5) is 10.2 Å². The summed E-state index contributed by atoms with van der Waals surface area (Å²) in [5.41, 5.74) is 1.29. The minimum atomic E-state index is -0.358. The summed E-state index contributed by atoms with van der Waals surface area (Å²) in [6.45, 7) is 2.21. The summed E-state index contributed by atoms with van der Waals surface area (Å²) in [6, 6.07) is 11.8. The maximum absolute atomic E-state index is 13.8. The van der Waals surface area contributed by atoms with Crippen molar-refractivity contribution in [1.82, 2.24) is 14.7 Å². The second-order valence-electron chi connectivity index (χ2n) is 7.59. The van der Waals surface area contributed by atoms with Crippen LogP contribution in [0.15, 0.2) is 42.5 Å². The highest BCUT2D eigenvalue weighted by molar-refractivity contribution is 6.04. The Morgan fingerprint density at radius 2 is 2.17 bits per heavy atom. The summed E-state index contributed by atoms with van der Waals surface area (Å²) in [4.78, 5) is 14.8. The Balaban J connectivity index is 1.75. The van der Waals surface area contributed by atoms with Gasteiger partial charge in [-0.1, -0.05) is 12.1 Å². The Labute approximate surface area is 174 Å². The lowest BCUT2D eigenvalue weighted by Crippen LogP contribution is -2.23. The van der Waals surface area contributed by atoms with E-state index in [-0.39, 0.29) is 17.6 Å². The summed E-state index contributed by atoms with van der Waals surface area (Å²) in [6.07, 6.45) is 0.681. The molecule has 3 aromatic rings. The Kier molecular flexibility index (Phi) is 5.96. The van der Waals surface area contributed by atoms with Crippen molar-refractivity contribution in [3.05, 3.63) is 48.3 Å². The molecule has 1 aromatic heterocycles. The minimum Gasteiger partial charge on any atom is -0.491 e. The van der Waals surface area contributed by atoms with Crippen molar-refractivity contribution in [3.63, 3.8) is 0 Å². The van der Waals surface area contributed by atoms with E-state index in [1.165, 1.54) is 12.1 Å². The number of hydrogen-bond acceptors (Lipinski definition) is 5. The van der Waals surface area contributed by atoms with E-state index in [4.69, 9.17) is 9.47 Å². The number of anilines is 1. The van der Waals surface area contributed by atoms with Crippen molar-refractivity contribution >= 4 is 22.6 Å². The number of carbonyl (C=O) groups is 1. The number of carbonyl (C=O) groups excluding carboxylic acids is 1. The van der Waals surface area contributed by atoms with Crippen molar-refractivity contribution < 1.29 is 18.7 Å². The standard InChI is InChI=1S/C22H25FN4O3/c1-26(2)10-12-30-19-8-4-7-18-20(19)21(24-22(28)15-9-11-29-14-15)25-27(18)17-6-3-5-16(23)13-17/h3-8,13,15H,9-12,14H2,1-2H3,(H,24,25,28)/t15-/m0/s1. The summed E-state index contributed by atoms with van der Waals surface area (Å²) in [5, 5.41) is 8.23. The van der Waals surface area contributed by atoms with Crippen LogP contribution in [-0.2, 0) is 9.53 Å². The zero-order valence-electron chi connectivity index (χ0n) is 17.1. The summed E-state index contributed by atoms with van der Waals surface area (Å²) < 4.78 is 26.8. The molecular formula is C22H25FN4O3. The fourth-order valence-corrected chi connectivity index (χ4v) is 3.45. The Morgan fingerprint density at radius 3 is 2.90 bits per heavy atom. The maximum Gasteiger partial charge on any atom is 0.231 e. The van der Waals surface area contributed by atoms with E-state index in [0.717, 1.165) is 12.1 Å². The molecule has 0 unspecified atom stereocenters. The molecule has 1 amide bonds. The molecule has 158 valence electrons. The molecule has 0 aliphatic carbocycles. The van der Waals surface area contributed by atoms with Crippen LogP contribution in [0.5, 0.6) is 5.75 Å². The minimum absolute atomic E-state index is 0.138. The summed E-state index contributed by atoms with van der Waals surface area (Å²) in [5.74, 6) is 0.312. The first-order valence-electron chi connectivity index (χ1n) is 9.97. The van der Waals surface area contributed by atoms with Gasteiger partial charge in [-0.15, -0.1) is 5.10 Å². The molecule has 1 aliphatic heterocycles. The van der Waals surface area contributed by atoms with Gasteiger partial charge < -0.3 is 19.7 Å². The van der Waals surface area contributed by atoms with Gasteiger partial charge in [-0.2, -0.15) is 0 Å². The fourth-order valence-electron chi connectivity index (χ4n) is 3.45. The third kappa shape index (κ3) is 4.29. The molecule has 30 heavy (non-hydrogen) atoms. The molecule has 8 heteroatoms. The molecule has 4 rings (SSSR count). The van der Waals surface area contributed by atoms with Crippen LogP contribution >= 0.6 is 0 Å². The second kappa shape index (κ2) is 8.81. The van der Waals surface area contributed by atoms with E-state index in [9.17, 15) is 9.18 Å². The molecule has 0 saturated carbocycles. The van der Waals surface area contributed by atoms with Crippen molar-refractivity contribution in [2.75, 3.05) is 45.8 Å². The van der Waals surface area contributed by atoms with Crippen LogP contribution in [0.2, 0.25) is 0 Å². The van der Waals surface area contributed by atoms with Gasteiger partial charge in [0.05, 0.1) is 29.1 Å². The van der Waals surface area contributed by atoms with Gasteiger partial charge in [0.2, 0.25) is 5.91 Å². The van der Waals surface area contributed by atoms with Crippen LogP contribution in [0.25, 0.3) is 16.6 Å². The van der Waals surface area contributed by atoms with E-state index in [1.54, 1.807) is 16.8 Å². The van der Waals surface area contributed by atoms with Crippen LogP contribution in [-0.4, -0.2) is 61.0 Å². The molecule has 7 nitrogen and oxygen atoms in total. The molecule has 1 atom stereocenters. The van der Waals surface area contributed by atoms with E-state index in [1.807, 2.05) is 37.2 Å². The Hall–Kier alpha value is -2.97. The number of fused-ring (bicyclic) bond motifs is 1. The molecular weight excluding hydrogens is 387 g/mol. The number of aromatic nitrogens is 2. The lowest BCUT2D eigenvalue weighted by atomic mass is 10.1. The van der Waals surface area contributed by atoms with Crippen molar-refractivity contribution in [3.8, 4) is 11.4 Å². The van der Waals surface area contributed by atoms with Crippen LogP contribution in [0.3, 0.4) is 0 Å². The van der Waals surface area contributed by atoms with E-state index in [2.05, 4.69) is 10.4 Å². The van der Waals surface area contributed by atoms with Crippen LogP contribution < -0.4 is 10.1 Å². The SMILES string of the molecule is CN(C)CCOc1cccc2c1c(NC(=O)[C@H]1CCOC1)nn2-c1cccc(F)c1. The van der Waals surface area contributed by atoms with Crippen molar-refractivity contribution in [2.24, 2.45) is 5.92 Å². The van der Waals surface area contributed by atoms with Crippen LogP contribution in [0, 0.1) is 11.7 Å². The van der Waals surface area contributed by atoms with Gasteiger partial charge in [-0.3, -0.25) is 4.79 Å². The highest BCUT2D eigenvalue weighted by atomic mass is 19.1. The Morgan fingerprint density at radius 1 is 1.33 bits per heavy atom. The Bertz CT molecular complexity index is 1040. The van der Waals surface area contributed by atoms with Gasteiger partial charge >= 0.3 is 0 Å². The number of rotatable bonds is 7. The number of nitrogens with zero attached hydrogens (tertiary/aromatic N) is 3. The molecule has 1 N–H and O–H groups in total. The van der Waals surface area contributed by atoms with Gasteiger partial charge in [-0.25, -0.2) is 9.07 Å². The number of hydrogen-bond donors (Lipinski definition) is 1. The molecule has 1 aliphatic rings. The zero-order chi connectivity index (χ0) is 21.1. The molecule has 0 bridgehead atoms. The lowest BCUT2D eigenvalue weighted by Gasteiger charge is -2.13. The third-order valence-corrected chi connectivity index (χ3v) is 5.06. The second-order valence-corrected chi connectivity index (χ2v) is 7.59. The number of benzene rings is 2. The summed E-state index contributed by atoms with van der Waals surface area (Å²) in [7, 11) is 3.95. The first-order chi connectivity index (χ1) is 14.5. The molecule has 2 heterocycles. The van der Waals surface area contributed by atoms with Crippen molar-refractivity contribution in [1.29, 1.82) is 0 Å². The highest BCUT2D eigenvalue weighted by Crippen LogP contribution is 2.34. The number of likely N-dealkylation sites (N-methyl/N-ethyl adjacent to an activating group) is 1. The van der Waals surface area contributed by atoms with Crippen LogP contribution in [0.1, 0.15) is 6.42 Å². The maximum atomic E-state index is 13.8. The number of nitrogens with one attached hydrogen (secondary N) is 1. The lowest BCUT2D eigenvalue weighted by molar-refractivity contribution is -0.119. The quantitative estimate of drug-likeness (QED) is 0.646. The molecule has 1 fully saturated rings. The predicted molar refractivity (Wildman–Crippen MR) is 113 cm³/mol. The first-order valence-corrected chi connectivity index (χ1v) is 9.97. The number of ether oxygens (including phenoxy) is 2. The van der Waals surface area contributed by atoms with E-state index < -0.39 is 0 Å². The first kappa shape index (κ1) is 20.3. The normalized spacial score (nSPS) is 16.3. The van der Waals surface area contributed by atoms with Crippen molar-refractivity contribution in [2.45, 2.75) is 6.42 Å². The molecule has 0 radical (unpaired) electrons. The largest absolute Gasteiger partial charge is 0.491 e. The molecule has 2 aromatic carbocycles. The van der Waals surface area contributed by atoms with Gasteiger partial charge in [0.1, 0.15) is 18.2 Å². The zero-order valence-corrected chi connectivity index (χ0v) is 17.1. The van der Waals surface area contributed by atoms with Gasteiger partial charge in [0.25, 0.3) is 0 Å². The average molecular weight is 412 g/mol. The number of halogens is 1. The topological polar surface area (TPSA) is 68.6 Å². The third-order valence-electron chi connectivity index (χ3n) is 5.06. The predicted octanol–water partition coefficient (Wildman–Crippen LogP) is 3.08. The van der Waals surface area contributed by atoms with Gasteiger partial charge in [0.15, 0.2) is 5.82 Å². The molecule has 1 saturated heterocycles. The monoisotopic (exact) mass is 412 g/mol. The fraction of sp³-hybridized carbons (Fsp3) is 0.364. The van der Waals surface area contributed by atoms with Gasteiger partial charge in [-0.05, 0) is 50.8 Å². The smallest absolute Gasteiger partial charge is 0.231 e. The highest BCUT2D eigenvalue weighted by Gasteiger charge is 2.26. The van der Waals surface area contributed by atoms with E-state index in [0.29, 0.717) is 48.9 Å². The average Bonchev–Trinajstić information content (AvgIpc) is 3.37. The molecule has 0 spiro atoms. The van der Waals surface area contributed by atoms with Gasteiger partial charge in [0, 0.05) is 13.2 Å². The van der Waals surface area contributed by atoms with E-state index >= 15 is 0 Å².